The van der Waals surface area contributed by atoms with Crippen molar-refractivity contribution in [3.05, 3.63) is 48.6 Å². The van der Waals surface area contributed by atoms with Gasteiger partial charge in [-0.2, -0.15) is 0 Å². The molecule has 0 rings (SSSR count). The highest BCUT2D eigenvalue weighted by atomic mass is 16.6. The van der Waals surface area contributed by atoms with Crippen molar-refractivity contribution in [2.45, 2.75) is 348 Å². The number of hydrogen-bond acceptors (Lipinski definition) is 6. The van der Waals surface area contributed by atoms with Gasteiger partial charge in [0.25, 0.3) is 0 Å². The Labute approximate surface area is 454 Å². The summed E-state index contributed by atoms with van der Waals surface area (Å²) >= 11 is 0. The number of carbonyl (C=O) groups excluding carboxylic acids is 3. The number of hydrogen-bond donors (Lipinski definition) is 0. The zero-order valence-electron chi connectivity index (χ0n) is 48.9. The highest BCUT2D eigenvalue weighted by Crippen LogP contribution is 2.18. The molecule has 0 amide bonds. The summed E-state index contributed by atoms with van der Waals surface area (Å²) in [6, 6.07) is 0. The molecule has 1 atom stereocenters. The quantitative estimate of drug-likeness (QED) is 0.0261. The van der Waals surface area contributed by atoms with Crippen LogP contribution in [0, 0.1) is 0 Å². The van der Waals surface area contributed by atoms with Crippen molar-refractivity contribution in [3.63, 3.8) is 0 Å². The minimum Gasteiger partial charge on any atom is -0.462 e. The summed E-state index contributed by atoms with van der Waals surface area (Å²) in [4.78, 5) is 38.3. The molecule has 0 spiro atoms. The fraction of sp³-hybridized carbons (Fsp3) is 0.836. The molecule has 0 aliphatic carbocycles. The minimum absolute atomic E-state index is 0.0702. The van der Waals surface area contributed by atoms with E-state index in [1.54, 1.807) is 0 Å². The normalized spacial score (nSPS) is 12.3. The average molecular weight is 1020 g/mol. The fourth-order valence-corrected chi connectivity index (χ4v) is 9.56. The van der Waals surface area contributed by atoms with Crippen molar-refractivity contribution >= 4 is 17.9 Å². The third kappa shape index (κ3) is 60.1. The Morgan fingerprint density at radius 1 is 0.288 bits per heavy atom. The van der Waals surface area contributed by atoms with E-state index in [1.807, 2.05) is 0 Å². The average Bonchev–Trinajstić information content (AvgIpc) is 3.39. The first kappa shape index (κ1) is 70.4. The molecule has 0 aromatic rings. The van der Waals surface area contributed by atoms with Crippen LogP contribution in [0.3, 0.4) is 0 Å². The maximum atomic E-state index is 12.9. The Balaban J connectivity index is 4.33. The molecule has 0 fully saturated rings. The topological polar surface area (TPSA) is 78.9 Å². The van der Waals surface area contributed by atoms with Crippen LogP contribution in [0.1, 0.15) is 342 Å². The van der Waals surface area contributed by atoms with E-state index in [9.17, 15) is 14.4 Å². The number of ether oxygens (including phenoxy) is 3. The van der Waals surface area contributed by atoms with Gasteiger partial charge in [-0.3, -0.25) is 14.4 Å². The van der Waals surface area contributed by atoms with E-state index >= 15 is 0 Å². The Morgan fingerprint density at radius 2 is 0.534 bits per heavy atom. The molecule has 426 valence electrons. The first-order chi connectivity index (χ1) is 36.0. The number of unbranched alkanes of at least 4 members (excludes halogenated alkanes) is 40. The van der Waals surface area contributed by atoms with Gasteiger partial charge in [0.05, 0.1) is 0 Å². The van der Waals surface area contributed by atoms with Crippen LogP contribution in [0.15, 0.2) is 48.6 Å². The predicted octanol–water partition coefficient (Wildman–Crippen LogP) is 21.8. The highest BCUT2D eigenvalue weighted by molar-refractivity contribution is 5.71. The van der Waals surface area contributed by atoms with E-state index < -0.39 is 6.10 Å². The molecule has 6 nitrogen and oxygen atoms in total. The minimum atomic E-state index is -0.773. The van der Waals surface area contributed by atoms with E-state index in [0.717, 1.165) is 89.9 Å². The molecule has 6 heteroatoms. The Kier molecular flexibility index (Phi) is 59.7. The lowest BCUT2D eigenvalue weighted by Gasteiger charge is -2.18. The van der Waals surface area contributed by atoms with Crippen molar-refractivity contribution in [2.75, 3.05) is 13.2 Å². The summed E-state index contributed by atoms with van der Waals surface area (Å²) in [6.45, 7) is 6.59. The molecule has 0 bridgehead atoms. The molecule has 73 heavy (non-hydrogen) atoms. The van der Waals surface area contributed by atoms with Gasteiger partial charge in [0.1, 0.15) is 13.2 Å². The van der Waals surface area contributed by atoms with Crippen LogP contribution in [0.25, 0.3) is 0 Å². The molecule has 0 aliphatic rings. The van der Waals surface area contributed by atoms with Crippen LogP contribution in [0.4, 0.5) is 0 Å². The molecule has 0 aromatic carbocycles. The standard InChI is InChI=1S/C67H122O6/c1-4-7-10-13-16-19-22-25-28-31-33-34-35-37-39-42-45-48-51-54-57-60-66(69)72-63-64(62-71-65(68)59-56-53-50-47-44-41-38-30-27-24-21-18-15-12-9-6-3)73-67(70)61-58-55-52-49-46-43-40-36-32-29-26-23-20-17-14-11-8-5-2/h7,10,16,19,25,28,33-34,64H,4-6,8-9,11-15,17-18,20-24,26-27,29-32,35-63H2,1-3H3/b10-7-,19-16-,28-25-,34-33-. The van der Waals surface area contributed by atoms with Crippen molar-refractivity contribution in [1.82, 2.24) is 0 Å². The number of esters is 3. The van der Waals surface area contributed by atoms with Crippen LogP contribution in [-0.2, 0) is 28.6 Å². The van der Waals surface area contributed by atoms with Gasteiger partial charge in [0.15, 0.2) is 6.10 Å². The zero-order valence-corrected chi connectivity index (χ0v) is 48.9. The van der Waals surface area contributed by atoms with Crippen molar-refractivity contribution in [3.8, 4) is 0 Å². The number of allylic oxidation sites excluding steroid dienone is 8. The fourth-order valence-electron chi connectivity index (χ4n) is 9.56. The molecule has 0 aliphatic heterocycles. The zero-order chi connectivity index (χ0) is 52.9. The summed E-state index contributed by atoms with van der Waals surface area (Å²) in [6.07, 6.45) is 76.8. The molecular formula is C67H122O6. The van der Waals surface area contributed by atoms with Crippen LogP contribution in [0.5, 0.6) is 0 Å². The largest absolute Gasteiger partial charge is 0.462 e. The highest BCUT2D eigenvalue weighted by Gasteiger charge is 2.19. The summed E-state index contributed by atoms with van der Waals surface area (Å²) in [7, 11) is 0. The van der Waals surface area contributed by atoms with Crippen LogP contribution in [-0.4, -0.2) is 37.2 Å². The summed E-state index contributed by atoms with van der Waals surface area (Å²) in [5.41, 5.74) is 0. The third-order valence-corrected chi connectivity index (χ3v) is 14.3. The maximum absolute atomic E-state index is 12.9. The third-order valence-electron chi connectivity index (χ3n) is 14.3. The molecule has 0 saturated heterocycles. The van der Waals surface area contributed by atoms with Gasteiger partial charge in [-0.05, 0) is 57.8 Å². The Bertz CT molecular complexity index is 1270. The van der Waals surface area contributed by atoms with Crippen molar-refractivity contribution in [2.24, 2.45) is 0 Å². The van der Waals surface area contributed by atoms with Crippen molar-refractivity contribution < 1.29 is 28.6 Å². The second-order valence-corrected chi connectivity index (χ2v) is 21.7. The van der Waals surface area contributed by atoms with Crippen LogP contribution >= 0.6 is 0 Å². The van der Waals surface area contributed by atoms with Gasteiger partial charge >= 0.3 is 17.9 Å². The predicted molar refractivity (Wildman–Crippen MR) is 316 cm³/mol. The van der Waals surface area contributed by atoms with E-state index in [1.165, 1.54) is 212 Å². The van der Waals surface area contributed by atoms with Crippen LogP contribution < -0.4 is 0 Å². The van der Waals surface area contributed by atoms with Gasteiger partial charge in [-0.1, -0.05) is 313 Å². The Hall–Kier alpha value is -2.63. The molecule has 0 saturated carbocycles. The second-order valence-electron chi connectivity index (χ2n) is 21.7. The molecular weight excluding hydrogens is 901 g/mol. The first-order valence-corrected chi connectivity index (χ1v) is 32.1. The van der Waals surface area contributed by atoms with E-state index in [-0.39, 0.29) is 31.1 Å². The summed E-state index contributed by atoms with van der Waals surface area (Å²) in [5, 5.41) is 0. The Morgan fingerprint density at radius 3 is 0.836 bits per heavy atom. The van der Waals surface area contributed by atoms with E-state index in [0.29, 0.717) is 19.3 Å². The van der Waals surface area contributed by atoms with Crippen LogP contribution in [0.2, 0.25) is 0 Å². The lowest BCUT2D eigenvalue weighted by atomic mass is 10.0. The molecule has 0 heterocycles. The van der Waals surface area contributed by atoms with Gasteiger partial charge in [-0.25, -0.2) is 0 Å². The number of rotatable bonds is 59. The lowest BCUT2D eigenvalue weighted by molar-refractivity contribution is -0.167. The summed E-state index contributed by atoms with van der Waals surface area (Å²) < 4.78 is 17.0. The van der Waals surface area contributed by atoms with Gasteiger partial charge in [-0.15, -0.1) is 0 Å². The van der Waals surface area contributed by atoms with E-state index in [2.05, 4.69) is 69.4 Å². The molecule has 0 radical (unpaired) electrons. The molecule has 1 unspecified atom stereocenters. The molecule has 0 N–H and O–H groups in total. The van der Waals surface area contributed by atoms with Gasteiger partial charge in [0.2, 0.25) is 0 Å². The SMILES string of the molecule is CC/C=C\C/C=C\C/C=C\C/C=C\CCCCCCCCCCC(=O)OCC(COC(=O)CCCCCCCCCCCCCCCCCC)OC(=O)CCCCCCCCCCCCCCCCCCCC. The van der Waals surface area contributed by atoms with Crippen molar-refractivity contribution in [1.29, 1.82) is 0 Å². The van der Waals surface area contributed by atoms with Gasteiger partial charge in [0, 0.05) is 19.3 Å². The van der Waals surface area contributed by atoms with Gasteiger partial charge < -0.3 is 14.2 Å². The van der Waals surface area contributed by atoms with E-state index in [4.69, 9.17) is 14.2 Å². The summed E-state index contributed by atoms with van der Waals surface area (Å²) in [5.74, 6) is -0.854. The lowest BCUT2D eigenvalue weighted by Crippen LogP contribution is -2.30. The first-order valence-electron chi connectivity index (χ1n) is 32.1. The smallest absolute Gasteiger partial charge is 0.306 e. The maximum Gasteiger partial charge on any atom is 0.306 e. The second kappa shape index (κ2) is 61.9. The monoisotopic (exact) mass is 1020 g/mol. The molecule has 0 aromatic heterocycles. The number of carbonyl (C=O) groups is 3.